The Morgan fingerprint density at radius 2 is 1.67 bits per heavy atom. The first-order chi connectivity index (χ1) is 7.13. The van der Waals surface area contributed by atoms with Crippen LogP contribution in [0, 0.1) is 6.92 Å². The van der Waals surface area contributed by atoms with E-state index in [1.165, 1.54) is 11.1 Å². The molecular weight excluding hydrogens is 188 g/mol. The van der Waals surface area contributed by atoms with Crippen molar-refractivity contribution >= 4 is 0 Å². The molecule has 0 aliphatic heterocycles. The second-order valence-corrected chi connectivity index (χ2v) is 4.07. The Morgan fingerprint density at radius 3 is 2.20 bits per heavy atom. The highest BCUT2D eigenvalue weighted by atomic mass is 16.3. The summed E-state index contributed by atoms with van der Waals surface area (Å²) in [4.78, 5) is 0. The van der Waals surface area contributed by atoms with Gasteiger partial charge in [-0.1, -0.05) is 36.8 Å². The van der Waals surface area contributed by atoms with Gasteiger partial charge in [-0.15, -0.1) is 0 Å². The molecule has 1 aromatic carbocycles. The van der Waals surface area contributed by atoms with Crippen molar-refractivity contribution < 1.29 is 10.2 Å². The van der Waals surface area contributed by atoms with Gasteiger partial charge in [0.25, 0.3) is 0 Å². The number of benzene rings is 1. The van der Waals surface area contributed by atoms with Gasteiger partial charge in [0.1, 0.15) is 0 Å². The van der Waals surface area contributed by atoms with E-state index < -0.39 is 12.2 Å². The molecule has 0 fully saturated rings. The zero-order valence-electron chi connectivity index (χ0n) is 9.48. The number of hydrogen-bond acceptors (Lipinski definition) is 2. The molecule has 1 rings (SSSR count). The predicted octanol–water partition coefficient (Wildman–Crippen LogP) is 2.06. The van der Waals surface area contributed by atoms with Gasteiger partial charge in [-0.3, -0.25) is 0 Å². The molecular formula is C13H20O2. The van der Waals surface area contributed by atoms with Crippen LogP contribution in [-0.4, -0.2) is 22.4 Å². The first kappa shape index (κ1) is 12.2. The van der Waals surface area contributed by atoms with Crippen LogP contribution in [0.25, 0.3) is 0 Å². The lowest BCUT2D eigenvalue weighted by molar-refractivity contribution is 0.0130. The minimum absolute atomic E-state index is 0.588. The molecule has 0 aromatic heterocycles. The van der Waals surface area contributed by atoms with Gasteiger partial charge < -0.3 is 10.2 Å². The molecule has 2 heteroatoms. The standard InChI is InChI=1S/C13H20O2/c1-3-12(14)13(15)9-8-11-6-4-10(2)5-7-11/h4-7,12-15H,3,8-9H2,1-2H3. The monoisotopic (exact) mass is 208 g/mol. The summed E-state index contributed by atoms with van der Waals surface area (Å²) >= 11 is 0. The minimum Gasteiger partial charge on any atom is -0.390 e. The summed E-state index contributed by atoms with van der Waals surface area (Å²) in [5.74, 6) is 0. The predicted molar refractivity (Wildman–Crippen MR) is 61.8 cm³/mol. The van der Waals surface area contributed by atoms with Gasteiger partial charge in [-0.05, 0) is 31.7 Å². The van der Waals surface area contributed by atoms with E-state index in [2.05, 4.69) is 31.2 Å². The van der Waals surface area contributed by atoms with E-state index >= 15 is 0 Å². The van der Waals surface area contributed by atoms with Crippen LogP contribution in [0.1, 0.15) is 30.9 Å². The maximum Gasteiger partial charge on any atom is 0.0802 e. The molecule has 15 heavy (non-hydrogen) atoms. The second kappa shape index (κ2) is 5.89. The fraction of sp³-hybridized carbons (Fsp3) is 0.538. The largest absolute Gasteiger partial charge is 0.390 e. The van der Waals surface area contributed by atoms with Crippen LogP contribution in [0.15, 0.2) is 24.3 Å². The average molecular weight is 208 g/mol. The summed E-state index contributed by atoms with van der Waals surface area (Å²) in [6.07, 6.45) is 0.859. The zero-order valence-corrected chi connectivity index (χ0v) is 9.48. The lowest BCUT2D eigenvalue weighted by atomic mass is 10.0. The summed E-state index contributed by atoms with van der Waals surface area (Å²) in [5, 5.41) is 19.0. The molecule has 2 nitrogen and oxygen atoms in total. The summed E-state index contributed by atoms with van der Waals surface area (Å²) in [6, 6.07) is 8.27. The van der Waals surface area contributed by atoms with Gasteiger partial charge in [0.15, 0.2) is 0 Å². The lowest BCUT2D eigenvalue weighted by Crippen LogP contribution is -2.25. The summed E-state index contributed by atoms with van der Waals surface area (Å²) in [7, 11) is 0. The first-order valence-corrected chi connectivity index (χ1v) is 5.55. The topological polar surface area (TPSA) is 40.5 Å². The Hall–Kier alpha value is -0.860. The quantitative estimate of drug-likeness (QED) is 0.777. The van der Waals surface area contributed by atoms with Crippen LogP contribution in [-0.2, 0) is 6.42 Å². The Morgan fingerprint density at radius 1 is 1.07 bits per heavy atom. The molecule has 0 amide bonds. The molecule has 1 aromatic rings. The molecule has 84 valence electrons. The van der Waals surface area contributed by atoms with E-state index in [0.29, 0.717) is 12.8 Å². The van der Waals surface area contributed by atoms with Crippen molar-refractivity contribution in [3.05, 3.63) is 35.4 Å². The number of aliphatic hydroxyl groups excluding tert-OH is 2. The molecule has 0 aliphatic rings. The second-order valence-electron chi connectivity index (χ2n) is 4.07. The van der Waals surface area contributed by atoms with Crippen molar-refractivity contribution in [2.24, 2.45) is 0 Å². The van der Waals surface area contributed by atoms with E-state index in [1.807, 2.05) is 6.92 Å². The van der Waals surface area contributed by atoms with Crippen molar-refractivity contribution in [2.75, 3.05) is 0 Å². The number of aliphatic hydroxyl groups is 2. The van der Waals surface area contributed by atoms with Crippen molar-refractivity contribution in [3.63, 3.8) is 0 Å². The summed E-state index contributed by atoms with van der Waals surface area (Å²) in [5.41, 5.74) is 2.45. The first-order valence-electron chi connectivity index (χ1n) is 5.55. The number of aryl methyl sites for hydroxylation is 2. The minimum atomic E-state index is -0.601. The van der Waals surface area contributed by atoms with Crippen LogP contribution in [0.2, 0.25) is 0 Å². The molecule has 2 N–H and O–H groups in total. The van der Waals surface area contributed by atoms with E-state index in [4.69, 9.17) is 0 Å². The fourth-order valence-electron chi connectivity index (χ4n) is 1.53. The summed E-state index contributed by atoms with van der Waals surface area (Å²) < 4.78 is 0. The third-order valence-electron chi connectivity index (χ3n) is 2.71. The van der Waals surface area contributed by atoms with Gasteiger partial charge in [0.05, 0.1) is 12.2 Å². The van der Waals surface area contributed by atoms with E-state index in [0.717, 1.165) is 6.42 Å². The molecule has 0 radical (unpaired) electrons. The van der Waals surface area contributed by atoms with E-state index in [9.17, 15) is 10.2 Å². The van der Waals surface area contributed by atoms with Gasteiger partial charge in [0.2, 0.25) is 0 Å². The normalized spacial score (nSPS) is 14.9. The molecule has 2 atom stereocenters. The van der Waals surface area contributed by atoms with Crippen molar-refractivity contribution in [2.45, 2.75) is 45.3 Å². The number of hydrogen-bond donors (Lipinski definition) is 2. The summed E-state index contributed by atoms with van der Waals surface area (Å²) in [6.45, 7) is 3.93. The third kappa shape index (κ3) is 4.02. The highest BCUT2D eigenvalue weighted by Gasteiger charge is 2.13. The lowest BCUT2D eigenvalue weighted by Gasteiger charge is -2.15. The van der Waals surface area contributed by atoms with Gasteiger partial charge in [-0.2, -0.15) is 0 Å². The maximum atomic E-state index is 9.58. The van der Waals surface area contributed by atoms with Crippen LogP contribution in [0.5, 0.6) is 0 Å². The average Bonchev–Trinajstić information content (AvgIpc) is 2.26. The molecule has 0 heterocycles. The van der Waals surface area contributed by atoms with Crippen LogP contribution in [0.3, 0.4) is 0 Å². The Labute approximate surface area is 91.6 Å². The molecule has 0 spiro atoms. The maximum absolute atomic E-state index is 9.58. The smallest absolute Gasteiger partial charge is 0.0802 e. The van der Waals surface area contributed by atoms with Gasteiger partial charge in [0, 0.05) is 0 Å². The Balaban J connectivity index is 2.40. The zero-order chi connectivity index (χ0) is 11.3. The van der Waals surface area contributed by atoms with E-state index in [1.54, 1.807) is 0 Å². The van der Waals surface area contributed by atoms with Gasteiger partial charge >= 0.3 is 0 Å². The highest BCUT2D eigenvalue weighted by molar-refractivity contribution is 5.21. The SMILES string of the molecule is CCC(O)C(O)CCc1ccc(C)cc1. The number of rotatable bonds is 5. The van der Waals surface area contributed by atoms with E-state index in [-0.39, 0.29) is 0 Å². The molecule has 2 unspecified atom stereocenters. The van der Waals surface area contributed by atoms with Crippen molar-refractivity contribution in [3.8, 4) is 0 Å². The fourth-order valence-corrected chi connectivity index (χ4v) is 1.53. The van der Waals surface area contributed by atoms with Crippen molar-refractivity contribution in [1.29, 1.82) is 0 Å². The molecule has 0 aliphatic carbocycles. The molecule has 0 bridgehead atoms. The highest BCUT2D eigenvalue weighted by Crippen LogP contribution is 2.10. The van der Waals surface area contributed by atoms with Gasteiger partial charge in [-0.25, -0.2) is 0 Å². The van der Waals surface area contributed by atoms with Crippen LogP contribution < -0.4 is 0 Å². The van der Waals surface area contributed by atoms with Crippen LogP contribution in [0.4, 0.5) is 0 Å². The molecule has 0 saturated heterocycles. The Kier molecular flexibility index (Phi) is 4.79. The third-order valence-corrected chi connectivity index (χ3v) is 2.71. The Bertz CT molecular complexity index is 279. The van der Waals surface area contributed by atoms with Crippen molar-refractivity contribution in [1.82, 2.24) is 0 Å². The molecule has 0 saturated carbocycles. The van der Waals surface area contributed by atoms with Crippen LogP contribution >= 0.6 is 0 Å².